The van der Waals surface area contributed by atoms with Crippen molar-refractivity contribution in [3.8, 4) is 0 Å². The number of hydrogen-bond acceptors (Lipinski definition) is 3. The van der Waals surface area contributed by atoms with Gasteiger partial charge >= 0.3 is 5.97 Å². The van der Waals surface area contributed by atoms with Crippen LogP contribution in [0.15, 0.2) is 0 Å². The van der Waals surface area contributed by atoms with Crippen molar-refractivity contribution in [1.29, 1.82) is 0 Å². The van der Waals surface area contributed by atoms with Gasteiger partial charge in [0, 0.05) is 12.8 Å². The lowest BCUT2D eigenvalue weighted by Crippen LogP contribution is -2.45. The van der Waals surface area contributed by atoms with E-state index in [9.17, 15) is 14.7 Å². The number of aliphatic hydroxyl groups is 1. The Kier molecular flexibility index (Phi) is 5.25. The van der Waals surface area contributed by atoms with Gasteiger partial charge in [0.15, 0.2) is 0 Å². The number of aliphatic hydroxyl groups excluding tert-OH is 1. The molecule has 1 fully saturated rings. The fourth-order valence-corrected chi connectivity index (χ4v) is 1.96. The van der Waals surface area contributed by atoms with Gasteiger partial charge in [-0.3, -0.25) is 9.59 Å². The Bertz CT molecular complexity index is 254. The molecule has 1 rings (SSSR count). The second-order valence-electron chi connectivity index (χ2n) is 4.27. The zero-order valence-corrected chi connectivity index (χ0v) is 9.32. The fraction of sp³-hybridized carbons (Fsp3) is 0.818. The summed E-state index contributed by atoms with van der Waals surface area (Å²) in [7, 11) is 0. The first kappa shape index (κ1) is 13.0. The van der Waals surface area contributed by atoms with Gasteiger partial charge in [-0.25, -0.2) is 0 Å². The molecule has 3 N–H and O–H groups in total. The van der Waals surface area contributed by atoms with E-state index in [0.29, 0.717) is 6.42 Å². The lowest BCUT2D eigenvalue weighted by molar-refractivity contribution is -0.137. The van der Waals surface area contributed by atoms with Crippen molar-refractivity contribution in [1.82, 2.24) is 5.32 Å². The maximum absolute atomic E-state index is 11.4. The molecule has 0 saturated heterocycles. The third-order valence-corrected chi connectivity index (χ3v) is 2.87. The van der Waals surface area contributed by atoms with Gasteiger partial charge < -0.3 is 15.5 Å². The van der Waals surface area contributed by atoms with Gasteiger partial charge in [-0.1, -0.05) is 12.8 Å². The Hall–Kier alpha value is -1.10. The second kappa shape index (κ2) is 6.48. The summed E-state index contributed by atoms with van der Waals surface area (Å²) >= 11 is 0. The third-order valence-electron chi connectivity index (χ3n) is 2.87. The van der Waals surface area contributed by atoms with Crippen LogP contribution < -0.4 is 5.32 Å². The van der Waals surface area contributed by atoms with Gasteiger partial charge in [0.05, 0.1) is 12.1 Å². The number of amides is 1. The summed E-state index contributed by atoms with van der Waals surface area (Å²) in [5.74, 6) is -1.04. The van der Waals surface area contributed by atoms with Gasteiger partial charge in [-0.05, 0) is 19.3 Å². The van der Waals surface area contributed by atoms with Crippen molar-refractivity contribution in [3.05, 3.63) is 0 Å². The minimum Gasteiger partial charge on any atom is -0.481 e. The molecule has 0 unspecified atom stereocenters. The van der Waals surface area contributed by atoms with E-state index >= 15 is 0 Å². The summed E-state index contributed by atoms with van der Waals surface area (Å²) in [5.41, 5.74) is 0. The molecule has 0 aromatic heterocycles. The van der Waals surface area contributed by atoms with Gasteiger partial charge in [0.1, 0.15) is 0 Å². The molecule has 5 nitrogen and oxygen atoms in total. The van der Waals surface area contributed by atoms with Crippen molar-refractivity contribution >= 4 is 11.9 Å². The fourth-order valence-electron chi connectivity index (χ4n) is 1.96. The monoisotopic (exact) mass is 229 g/mol. The van der Waals surface area contributed by atoms with Crippen molar-refractivity contribution in [2.45, 2.75) is 57.1 Å². The molecule has 0 aromatic rings. The molecule has 1 aliphatic rings. The van der Waals surface area contributed by atoms with Crippen LogP contribution in [0.25, 0.3) is 0 Å². The lowest BCUT2D eigenvalue weighted by Gasteiger charge is -2.28. The van der Waals surface area contributed by atoms with Crippen molar-refractivity contribution in [2.24, 2.45) is 0 Å². The van der Waals surface area contributed by atoms with E-state index in [1.165, 1.54) is 0 Å². The van der Waals surface area contributed by atoms with E-state index in [2.05, 4.69) is 5.32 Å². The number of rotatable bonds is 5. The van der Waals surface area contributed by atoms with E-state index in [0.717, 1.165) is 25.7 Å². The molecule has 16 heavy (non-hydrogen) atoms. The number of carbonyl (C=O) groups is 2. The lowest BCUT2D eigenvalue weighted by atomic mass is 9.92. The number of aliphatic carboxylic acids is 1. The van der Waals surface area contributed by atoms with Crippen LogP contribution in [0.3, 0.4) is 0 Å². The summed E-state index contributed by atoms with van der Waals surface area (Å²) in [5, 5.41) is 20.8. The highest BCUT2D eigenvalue weighted by atomic mass is 16.4. The van der Waals surface area contributed by atoms with Crippen LogP contribution >= 0.6 is 0 Å². The SMILES string of the molecule is O=C(O)CCCC(=O)N[C@@H]1CCCC[C@H]1O. The smallest absolute Gasteiger partial charge is 0.303 e. The van der Waals surface area contributed by atoms with Gasteiger partial charge in [-0.15, -0.1) is 0 Å². The van der Waals surface area contributed by atoms with Gasteiger partial charge in [0.2, 0.25) is 5.91 Å². The predicted octanol–water partition coefficient (Wildman–Crippen LogP) is 0.661. The van der Waals surface area contributed by atoms with E-state index in [1.807, 2.05) is 0 Å². The first-order valence-corrected chi connectivity index (χ1v) is 5.79. The molecule has 1 amide bonds. The highest BCUT2D eigenvalue weighted by molar-refractivity contribution is 5.77. The molecule has 0 radical (unpaired) electrons. The van der Waals surface area contributed by atoms with Crippen molar-refractivity contribution in [2.75, 3.05) is 0 Å². The summed E-state index contributed by atoms with van der Waals surface area (Å²) < 4.78 is 0. The molecule has 0 bridgehead atoms. The van der Waals surface area contributed by atoms with Crippen LogP contribution in [-0.4, -0.2) is 34.2 Å². The maximum Gasteiger partial charge on any atom is 0.303 e. The second-order valence-corrected chi connectivity index (χ2v) is 4.27. The molecule has 2 atom stereocenters. The number of hydrogen-bond donors (Lipinski definition) is 3. The first-order valence-electron chi connectivity index (χ1n) is 5.79. The molecule has 0 spiro atoms. The topological polar surface area (TPSA) is 86.6 Å². The number of nitrogens with one attached hydrogen (secondary N) is 1. The Balaban J connectivity index is 2.19. The van der Waals surface area contributed by atoms with Gasteiger partial charge in [0.25, 0.3) is 0 Å². The first-order chi connectivity index (χ1) is 7.59. The van der Waals surface area contributed by atoms with Crippen LogP contribution in [0.5, 0.6) is 0 Å². The van der Waals surface area contributed by atoms with E-state index in [1.54, 1.807) is 0 Å². The summed E-state index contributed by atoms with van der Waals surface area (Å²) in [6, 6.07) is -0.147. The van der Waals surface area contributed by atoms with Crippen LogP contribution in [-0.2, 0) is 9.59 Å². The molecule has 1 saturated carbocycles. The van der Waals surface area contributed by atoms with Crippen LogP contribution in [0, 0.1) is 0 Å². The minimum atomic E-state index is -0.884. The Morgan fingerprint density at radius 3 is 2.50 bits per heavy atom. The summed E-state index contributed by atoms with van der Waals surface area (Å²) in [4.78, 5) is 21.7. The molecule has 5 heteroatoms. The molecule has 92 valence electrons. The molecule has 0 aliphatic heterocycles. The predicted molar refractivity (Wildman–Crippen MR) is 57.9 cm³/mol. The Morgan fingerprint density at radius 2 is 1.88 bits per heavy atom. The summed E-state index contributed by atoms with van der Waals surface area (Å²) in [6.07, 6.45) is 3.72. The average molecular weight is 229 g/mol. The van der Waals surface area contributed by atoms with E-state index < -0.39 is 12.1 Å². The number of carbonyl (C=O) groups excluding carboxylic acids is 1. The van der Waals surface area contributed by atoms with E-state index in [4.69, 9.17) is 5.11 Å². The average Bonchev–Trinajstić information content (AvgIpc) is 2.21. The van der Waals surface area contributed by atoms with Crippen molar-refractivity contribution in [3.63, 3.8) is 0 Å². The highest BCUT2D eigenvalue weighted by Crippen LogP contribution is 2.18. The Labute approximate surface area is 94.8 Å². The standard InChI is InChI=1S/C11H19NO4/c13-9-5-2-1-4-8(9)12-10(14)6-3-7-11(15)16/h8-9,13H,1-7H2,(H,12,14)(H,15,16)/t8-,9-/m1/s1. The zero-order chi connectivity index (χ0) is 12.0. The van der Waals surface area contributed by atoms with Crippen LogP contribution in [0.4, 0.5) is 0 Å². The molecule has 0 heterocycles. The third kappa shape index (κ3) is 4.61. The maximum atomic E-state index is 11.4. The highest BCUT2D eigenvalue weighted by Gasteiger charge is 2.24. The molecule has 0 aromatic carbocycles. The summed E-state index contributed by atoms with van der Waals surface area (Å²) in [6.45, 7) is 0. The number of carboxylic acids is 1. The van der Waals surface area contributed by atoms with Crippen molar-refractivity contribution < 1.29 is 19.8 Å². The quantitative estimate of drug-likeness (QED) is 0.646. The van der Waals surface area contributed by atoms with E-state index in [-0.39, 0.29) is 24.8 Å². The molecule has 1 aliphatic carbocycles. The Morgan fingerprint density at radius 1 is 1.19 bits per heavy atom. The normalized spacial score (nSPS) is 25.1. The largest absolute Gasteiger partial charge is 0.481 e. The number of carboxylic acid groups (broad SMARTS) is 1. The zero-order valence-electron chi connectivity index (χ0n) is 9.32. The van der Waals surface area contributed by atoms with Crippen LogP contribution in [0.2, 0.25) is 0 Å². The van der Waals surface area contributed by atoms with Gasteiger partial charge in [-0.2, -0.15) is 0 Å². The molecular formula is C11H19NO4. The minimum absolute atomic E-state index is 0.0145. The van der Waals surface area contributed by atoms with Crippen LogP contribution in [0.1, 0.15) is 44.9 Å². The molecular weight excluding hydrogens is 210 g/mol.